The number of carbonyl (C=O) groups is 2. The van der Waals surface area contributed by atoms with Crippen LogP contribution in [0.3, 0.4) is 0 Å². The molecule has 30 heavy (non-hydrogen) atoms. The molecule has 2 aromatic heterocycles. The second-order valence-corrected chi connectivity index (χ2v) is 7.18. The van der Waals surface area contributed by atoms with Crippen LogP contribution in [0.25, 0.3) is 16.7 Å². The average molecular weight is 419 g/mol. The van der Waals surface area contributed by atoms with Crippen molar-refractivity contribution in [2.75, 3.05) is 18.2 Å². The molecule has 2 heterocycles. The van der Waals surface area contributed by atoms with Crippen LogP contribution in [0.5, 0.6) is 0 Å². The zero-order valence-corrected chi connectivity index (χ0v) is 16.8. The van der Waals surface area contributed by atoms with Crippen LogP contribution >= 0.6 is 11.8 Å². The molecule has 4 rings (SSSR count). The quantitative estimate of drug-likeness (QED) is 0.291. The van der Waals surface area contributed by atoms with Gasteiger partial charge in [-0.1, -0.05) is 36.0 Å². The number of nitrogens with one attached hydrogen (secondary N) is 1. The monoisotopic (exact) mass is 419 g/mol. The van der Waals surface area contributed by atoms with Crippen LogP contribution in [-0.2, 0) is 9.53 Å². The van der Waals surface area contributed by atoms with E-state index in [4.69, 9.17) is 4.74 Å². The Morgan fingerprint density at radius 3 is 2.73 bits per heavy atom. The molecule has 0 atom stereocenters. The maximum atomic E-state index is 12.4. The topological polar surface area (TPSA) is 99.0 Å². The van der Waals surface area contributed by atoms with Gasteiger partial charge in [-0.15, -0.1) is 0 Å². The molecule has 0 saturated heterocycles. The molecule has 8 nitrogen and oxygen atoms in total. The number of amides is 1. The fourth-order valence-electron chi connectivity index (χ4n) is 2.87. The molecule has 0 unspecified atom stereocenters. The Kier molecular flexibility index (Phi) is 5.71. The van der Waals surface area contributed by atoms with Gasteiger partial charge in [-0.3, -0.25) is 4.79 Å². The first-order chi connectivity index (χ1) is 14.7. The molecular formula is C21H17N5O3S. The summed E-state index contributed by atoms with van der Waals surface area (Å²) < 4.78 is 6.43. The molecule has 0 aliphatic heterocycles. The number of thioether (sulfide) groups is 1. The highest BCUT2D eigenvalue weighted by atomic mass is 32.2. The summed E-state index contributed by atoms with van der Waals surface area (Å²) in [5.41, 5.74) is 2.46. The van der Waals surface area contributed by atoms with Gasteiger partial charge in [0.05, 0.1) is 35.7 Å². The van der Waals surface area contributed by atoms with Crippen LogP contribution in [0.4, 0.5) is 5.69 Å². The van der Waals surface area contributed by atoms with Crippen LogP contribution in [0.1, 0.15) is 10.4 Å². The molecule has 1 amide bonds. The molecule has 150 valence electrons. The minimum absolute atomic E-state index is 0.144. The van der Waals surface area contributed by atoms with Gasteiger partial charge < -0.3 is 10.1 Å². The molecular weight excluding hydrogens is 402 g/mol. The summed E-state index contributed by atoms with van der Waals surface area (Å²) in [5, 5.41) is 8.63. The standard InChI is InChI=1S/C21H17N5O3S/c1-29-21(28)14-6-5-7-15(10-14)25-18(27)12-30-20-17-11-24-26(19(17)22-13-23-20)16-8-3-2-4-9-16/h2-11,13H,12H2,1H3,(H,25,27). The SMILES string of the molecule is COC(=O)c1cccc(NC(=O)CSc2ncnc3c2cnn3-c2ccccc2)c1. The Bertz CT molecular complexity index is 1210. The lowest BCUT2D eigenvalue weighted by molar-refractivity contribution is -0.113. The second kappa shape index (κ2) is 8.75. The van der Waals surface area contributed by atoms with Crippen LogP contribution in [-0.4, -0.2) is 44.5 Å². The number of para-hydroxylation sites is 1. The Balaban J connectivity index is 1.47. The van der Waals surface area contributed by atoms with E-state index in [2.05, 4.69) is 20.4 Å². The molecule has 1 N–H and O–H groups in total. The lowest BCUT2D eigenvalue weighted by atomic mass is 10.2. The molecule has 0 radical (unpaired) electrons. The van der Waals surface area contributed by atoms with E-state index >= 15 is 0 Å². The van der Waals surface area contributed by atoms with Gasteiger partial charge in [0.25, 0.3) is 0 Å². The largest absolute Gasteiger partial charge is 0.465 e. The van der Waals surface area contributed by atoms with Gasteiger partial charge in [0, 0.05) is 5.69 Å². The Morgan fingerprint density at radius 2 is 1.93 bits per heavy atom. The Morgan fingerprint density at radius 1 is 1.10 bits per heavy atom. The third-order valence-electron chi connectivity index (χ3n) is 4.24. The zero-order valence-electron chi connectivity index (χ0n) is 16.0. The number of hydrogen-bond donors (Lipinski definition) is 1. The van der Waals surface area contributed by atoms with Crippen molar-refractivity contribution in [3.8, 4) is 5.69 Å². The average Bonchev–Trinajstić information content (AvgIpc) is 3.22. The van der Waals surface area contributed by atoms with Crippen molar-refractivity contribution in [2.45, 2.75) is 5.03 Å². The fraction of sp³-hybridized carbons (Fsp3) is 0.0952. The number of rotatable bonds is 6. The highest BCUT2D eigenvalue weighted by Crippen LogP contribution is 2.26. The van der Waals surface area contributed by atoms with Crippen LogP contribution in [0.2, 0.25) is 0 Å². The van der Waals surface area contributed by atoms with Crippen molar-refractivity contribution in [1.82, 2.24) is 19.7 Å². The summed E-state index contributed by atoms with van der Waals surface area (Å²) in [6.07, 6.45) is 3.16. The van der Waals surface area contributed by atoms with E-state index in [9.17, 15) is 9.59 Å². The van der Waals surface area contributed by atoms with Gasteiger partial charge in [-0.2, -0.15) is 5.10 Å². The zero-order chi connectivity index (χ0) is 20.9. The number of benzene rings is 2. The number of aromatic nitrogens is 4. The van der Waals surface area contributed by atoms with Gasteiger partial charge in [0.15, 0.2) is 5.65 Å². The number of nitrogens with zero attached hydrogens (tertiary/aromatic N) is 4. The Hall–Kier alpha value is -3.72. The van der Waals surface area contributed by atoms with Crippen molar-refractivity contribution in [3.05, 3.63) is 72.7 Å². The number of esters is 1. The molecule has 9 heteroatoms. The predicted molar refractivity (Wildman–Crippen MR) is 114 cm³/mol. The second-order valence-electron chi connectivity index (χ2n) is 6.22. The van der Waals surface area contributed by atoms with E-state index in [1.807, 2.05) is 30.3 Å². The van der Waals surface area contributed by atoms with Crippen molar-refractivity contribution < 1.29 is 14.3 Å². The smallest absolute Gasteiger partial charge is 0.337 e. The number of hydrogen-bond acceptors (Lipinski definition) is 7. The molecule has 4 aromatic rings. The number of anilines is 1. The van der Waals surface area contributed by atoms with Gasteiger partial charge in [0.1, 0.15) is 11.4 Å². The molecule has 0 bridgehead atoms. The molecule has 0 saturated carbocycles. The first-order valence-electron chi connectivity index (χ1n) is 9.01. The summed E-state index contributed by atoms with van der Waals surface area (Å²) in [6, 6.07) is 16.3. The lowest BCUT2D eigenvalue weighted by Crippen LogP contribution is -2.14. The van der Waals surface area contributed by atoms with E-state index in [-0.39, 0.29) is 11.7 Å². The van der Waals surface area contributed by atoms with E-state index in [1.54, 1.807) is 35.1 Å². The summed E-state index contributed by atoms with van der Waals surface area (Å²) in [7, 11) is 1.31. The molecule has 0 spiro atoms. The highest BCUT2D eigenvalue weighted by molar-refractivity contribution is 8.00. The minimum Gasteiger partial charge on any atom is -0.465 e. The third-order valence-corrected chi connectivity index (χ3v) is 5.24. The molecule has 0 aliphatic rings. The fourth-order valence-corrected chi connectivity index (χ4v) is 3.63. The van der Waals surface area contributed by atoms with Gasteiger partial charge in [-0.25, -0.2) is 19.4 Å². The van der Waals surface area contributed by atoms with Gasteiger partial charge >= 0.3 is 5.97 Å². The highest BCUT2D eigenvalue weighted by Gasteiger charge is 2.13. The van der Waals surface area contributed by atoms with Crippen LogP contribution < -0.4 is 5.32 Å². The van der Waals surface area contributed by atoms with Crippen LogP contribution in [0, 0.1) is 0 Å². The first-order valence-corrected chi connectivity index (χ1v) is 9.99. The van der Waals surface area contributed by atoms with E-state index in [0.717, 1.165) is 11.1 Å². The number of carbonyl (C=O) groups excluding carboxylic acids is 2. The van der Waals surface area contributed by atoms with E-state index < -0.39 is 5.97 Å². The van der Waals surface area contributed by atoms with Crippen molar-refractivity contribution in [2.24, 2.45) is 0 Å². The lowest BCUT2D eigenvalue weighted by Gasteiger charge is -2.07. The predicted octanol–water partition coefficient (Wildman–Crippen LogP) is 3.33. The summed E-state index contributed by atoms with van der Waals surface area (Å²) >= 11 is 1.29. The maximum absolute atomic E-state index is 12.4. The van der Waals surface area contributed by atoms with Gasteiger partial charge in [0.2, 0.25) is 5.91 Å². The van der Waals surface area contributed by atoms with Crippen LogP contribution in [0.15, 0.2) is 72.1 Å². The molecule has 0 aliphatic carbocycles. The summed E-state index contributed by atoms with van der Waals surface area (Å²) in [6.45, 7) is 0. The number of fused-ring (bicyclic) bond motifs is 1. The van der Waals surface area contributed by atoms with E-state index in [0.29, 0.717) is 21.9 Å². The number of methoxy groups -OCH3 is 1. The maximum Gasteiger partial charge on any atom is 0.337 e. The minimum atomic E-state index is -0.459. The first kappa shape index (κ1) is 19.6. The van der Waals surface area contributed by atoms with E-state index in [1.165, 1.54) is 25.2 Å². The normalized spacial score (nSPS) is 10.7. The van der Waals surface area contributed by atoms with Crippen molar-refractivity contribution in [1.29, 1.82) is 0 Å². The third kappa shape index (κ3) is 4.15. The van der Waals surface area contributed by atoms with Gasteiger partial charge in [-0.05, 0) is 30.3 Å². The summed E-state index contributed by atoms with van der Waals surface area (Å²) in [5.74, 6) is -0.533. The Labute approximate surface area is 176 Å². The molecule has 0 fully saturated rings. The summed E-state index contributed by atoms with van der Waals surface area (Å²) in [4.78, 5) is 32.7. The number of ether oxygens (including phenoxy) is 1. The molecule has 2 aromatic carbocycles. The van der Waals surface area contributed by atoms with Crippen molar-refractivity contribution in [3.63, 3.8) is 0 Å². The van der Waals surface area contributed by atoms with Crippen molar-refractivity contribution >= 4 is 40.4 Å².